The van der Waals surface area contributed by atoms with E-state index in [4.69, 9.17) is 5.73 Å². The highest BCUT2D eigenvalue weighted by molar-refractivity contribution is 5.85. The number of halogens is 3. The Labute approximate surface area is 169 Å². The fourth-order valence-corrected chi connectivity index (χ4v) is 2.63. The molecule has 0 spiro atoms. The average molecular weight is 408 g/mol. The summed E-state index contributed by atoms with van der Waals surface area (Å²) in [7, 11) is 0. The number of carbonyl (C=O) groups excluding carboxylic acids is 1. The van der Waals surface area contributed by atoms with Crippen molar-refractivity contribution in [2.45, 2.75) is 12.5 Å². The van der Waals surface area contributed by atoms with Gasteiger partial charge in [0, 0.05) is 23.9 Å². The summed E-state index contributed by atoms with van der Waals surface area (Å²) in [6.07, 6.45) is 3.23. The molecule has 2 aromatic carbocycles. The maximum absolute atomic E-state index is 13.8. The van der Waals surface area contributed by atoms with Crippen LogP contribution in [0.1, 0.15) is 5.56 Å². The fourth-order valence-electron chi connectivity index (χ4n) is 2.63. The minimum Gasteiger partial charge on any atom is -0.373 e. The van der Waals surface area contributed by atoms with E-state index in [9.17, 15) is 9.18 Å². The normalized spacial score (nSPS) is 10.9. The lowest BCUT2D eigenvalue weighted by atomic mass is 10.0. The monoisotopic (exact) mass is 407 g/mol. The predicted octanol–water partition coefficient (Wildman–Crippen LogP) is 4.24. The molecule has 3 rings (SSSR count). The first-order valence-electron chi connectivity index (χ1n) is 7.93. The van der Waals surface area contributed by atoms with E-state index in [0.29, 0.717) is 12.0 Å². The lowest BCUT2D eigenvalue weighted by molar-refractivity contribution is -0.118. The molecule has 1 heterocycles. The topological polar surface area (TPSA) is 68.0 Å². The number of amides is 1. The number of nitrogens with zero attached hydrogens (tertiary/aromatic N) is 1. The van der Waals surface area contributed by atoms with Gasteiger partial charge >= 0.3 is 0 Å². The van der Waals surface area contributed by atoms with E-state index in [0.717, 1.165) is 16.8 Å². The van der Waals surface area contributed by atoms with Crippen LogP contribution in [0.15, 0.2) is 73.1 Å². The molecule has 142 valence electrons. The molecule has 0 fully saturated rings. The minimum atomic E-state index is -0.522. The summed E-state index contributed by atoms with van der Waals surface area (Å²) in [5.74, 6) is -0.796. The molecule has 0 aliphatic heterocycles. The van der Waals surface area contributed by atoms with Crippen molar-refractivity contribution in [3.63, 3.8) is 0 Å². The van der Waals surface area contributed by atoms with Crippen LogP contribution in [0.2, 0.25) is 0 Å². The van der Waals surface area contributed by atoms with E-state index in [1.165, 1.54) is 6.20 Å². The van der Waals surface area contributed by atoms with Gasteiger partial charge in [0.25, 0.3) is 0 Å². The molecule has 0 aliphatic rings. The molecule has 4 nitrogen and oxygen atoms in total. The van der Waals surface area contributed by atoms with Crippen molar-refractivity contribution < 1.29 is 9.18 Å². The lowest BCUT2D eigenvalue weighted by Crippen LogP contribution is -2.37. The molecular formula is C20H20Cl2FN3O. The third-order valence-corrected chi connectivity index (χ3v) is 3.94. The number of nitrogens with two attached hydrogens (primary N) is 1. The summed E-state index contributed by atoms with van der Waals surface area (Å²) in [6, 6.07) is 18.0. The van der Waals surface area contributed by atoms with Crippen molar-refractivity contribution in [2.24, 2.45) is 5.73 Å². The van der Waals surface area contributed by atoms with Gasteiger partial charge in [-0.15, -0.1) is 24.8 Å². The quantitative estimate of drug-likeness (QED) is 0.641. The van der Waals surface area contributed by atoms with Gasteiger partial charge in [-0.3, -0.25) is 9.78 Å². The van der Waals surface area contributed by atoms with Crippen LogP contribution in [0.25, 0.3) is 11.1 Å². The standard InChI is InChI=1S/C20H18FN3O.2ClH/c21-18-13-23-11-10-17(18)15-6-8-16(9-7-15)24-19(20(22)25)12-14-4-2-1-3-5-14;;/h1-11,13,19,24H,12H2,(H2,22,25);2*1H/t19-;;/m1../s1. The number of anilines is 1. The molecule has 1 amide bonds. The Kier molecular flexibility index (Phi) is 8.72. The number of aromatic nitrogens is 1. The van der Waals surface area contributed by atoms with Crippen LogP contribution < -0.4 is 11.1 Å². The van der Waals surface area contributed by atoms with Gasteiger partial charge in [0.05, 0.1) is 6.20 Å². The molecule has 1 aromatic heterocycles. The average Bonchev–Trinajstić information content (AvgIpc) is 2.63. The first-order valence-corrected chi connectivity index (χ1v) is 7.93. The zero-order chi connectivity index (χ0) is 17.6. The number of hydrogen-bond acceptors (Lipinski definition) is 3. The van der Waals surface area contributed by atoms with Crippen molar-refractivity contribution in [2.75, 3.05) is 5.32 Å². The molecule has 7 heteroatoms. The van der Waals surface area contributed by atoms with Gasteiger partial charge in [0.2, 0.25) is 5.91 Å². The third-order valence-electron chi connectivity index (χ3n) is 3.94. The van der Waals surface area contributed by atoms with E-state index in [2.05, 4.69) is 10.3 Å². The van der Waals surface area contributed by atoms with Gasteiger partial charge in [0.15, 0.2) is 0 Å². The van der Waals surface area contributed by atoms with Crippen LogP contribution in [-0.2, 0) is 11.2 Å². The maximum atomic E-state index is 13.8. The Morgan fingerprint density at radius 3 is 2.30 bits per heavy atom. The highest BCUT2D eigenvalue weighted by Gasteiger charge is 2.16. The summed E-state index contributed by atoms with van der Waals surface area (Å²) in [5.41, 5.74) is 8.51. The Balaban J connectivity index is 0.00000182. The molecule has 0 radical (unpaired) electrons. The molecule has 0 saturated carbocycles. The van der Waals surface area contributed by atoms with Crippen LogP contribution in [0, 0.1) is 5.82 Å². The Hall–Kier alpha value is -2.63. The van der Waals surface area contributed by atoms with Gasteiger partial charge in [0.1, 0.15) is 11.9 Å². The van der Waals surface area contributed by atoms with Crippen LogP contribution >= 0.6 is 24.8 Å². The summed E-state index contributed by atoms with van der Waals surface area (Å²) in [5, 5.41) is 3.14. The van der Waals surface area contributed by atoms with Gasteiger partial charge in [-0.05, 0) is 29.3 Å². The summed E-state index contributed by atoms with van der Waals surface area (Å²) < 4.78 is 13.8. The highest BCUT2D eigenvalue weighted by Crippen LogP contribution is 2.23. The van der Waals surface area contributed by atoms with Crippen LogP contribution in [0.4, 0.5) is 10.1 Å². The minimum absolute atomic E-state index is 0. The van der Waals surface area contributed by atoms with Gasteiger partial charge in [-0.1, -0.05) is 42.5 Å². The smallest absolute Gasteiger partial charge is 0.240 e. The number of benzene rings is 2. The zero-order valence-electron chi connectivity index (χ0n) is 14.3. The molecule has 0 saturated heterocycles. The summed E-state index contributed by atoms with van der Waals surface area (Å²) >= 11 is 0. The van der Waals surface area contributed by atoms with Crippen molar-refractivity contribution in [3.8, 4) is 11.1 Å². The van der Waals surface area contributed by atoms with Gasteiger partial charge < -0.3 is 11.1 Å². The van der Waals surface area contributed by atoms with Crippen molar-refractivity contribution in [3.05, 3.63) is 84.4 Å². The summed E-state index contributed by atoms with van der Waals surface area (Å²) in [4.78, 5) is 15.5. The van der Waals surface area contributed by atoms with Gasteiger partial charge in [-0.25, -0.2) is 4.39 Å². The van der Waals surface area contributed by atoms with Crippen LogP contribution in [0.5, 0.6) is 0 Å². The van der Waals surface area contributed by atoms with E-state index >= 15 is 0 Å². The molecule has 3 aromatic rings. The zero-order valence-corrected chi connectivity index (χ0v) is 16.0. The van der Waals surface area contributed by atoms with E-state index < -0.39 is 11.9 Å². The Bertz CT molecular complexity index is 861. The number of nitrogens with one attached hydrogen (secondary N) is 1. The largest absolute Gasteiger partial charge is 0.373 e. The predicted molar refractivity (Wildman–Crippen MR) is 111 cm³/mol. The Morgan fingerprint density at radius 1 is 1.04 bits per heavy atom. The van der Waals surface area contributed by atoms with E-state index in [1.54, 1.807) is 36.5 Å². The van der Waals surface area contributed by atoms with Crippen molar-refractivity contribution in [1.82, 2.24) is 4.98 Å². The number of primary amides is 1. The summed E-state index contributed by atoms with van der Waals surface area (Å²) in [6.45, 7) is 0. The second-order valence-corrected chi connectivity index (χ2v) is 5.72. The molecule has 0 unspecified atom stereocenters. The van der Waals surface area contributed by atoms with Crippen molar-refractivity contribution in [1.29, 1.82) is 0 Å². The second kappa shape index (κ2) is 10.5. The third kappa shape index (κ3) is 5.94. The molecule has 0 bridgehead atoms. The van der Waals surface area contributed by atoms with Crippen molar-refractivity contribution >= 4 is 36.4 Å². The van der Waals surface area contributed by atoms with Gasteiger partial charge in [-0.2, -0.15) is 0 Å². The molecule has 1 atom stereocenters. The van der Waals surface area contributed by atoms with Crippen LogP contribution in [-0.4, -0.2) is 16.9 Å². The first-order chi connectivity index (χ1) is 12.1. The lowest BCUT2D eigenvalue weighted by Gasteiger charge is -2.17. The van der Waals surface area contributed by atoms with Crippen LogP contribution in [0.3, 0.4) is 0 Å². The maximum Gasteiger partial charge on any atom is 0.240 e. The molecule has 0 aliphatic carbocycles. The highest BCUT2D eigenvalue weighted by atomic mass is 35.5. The molecule has 3 N–H and O–H groups in total. The second-order valence-electron chi connectivity index (χ2n) is 5.72. The number of hydrogen-bond donors (Lipinski definition) is 2. The molecule has 27 heavy (non-hydrogen) atoms. The SMILES string of the molecule is Cl.Cl.NC(=O)[C@@H](Cc1ccccc1)Nc1ccc(-c2ccncc2F)cc1. The Morgan fingerprint density at radius 2 is 1.70 bits per heavy atom. The molecular weight excluding hydrogens is 388 g/mol. The number of carbonyl (C=O) groups is 1. The first kappa shape index (κ1) is 22.4. The number of pyridine rings is 1. The van der Waals surface area contributed by atoms with E-state index in [1.807, 2.05) is 30.3 Å². The van der Waals surface area contributed by atoms with E-state index in [-0.39, 0.29) is 30.6 Å². The number of rotatable bonds is 6. The fraction of sp³-hybridized carbons (Fsp3) is 0.100.